The van der Waals surface area contributed by atoms with Gasteiger partial charge in [0.15, 0.2) is 0 Å². The first-order chi connectivity index (χ1) is 7.15. The first kappa shape index (κ1) is 10.9. The third kappa shape index (κ3) is 2.90. The van der Waals surface area contributed by atoms with E-state index < -0.39 is 5.97 Å². The Balaban J connectivity index is 3.04. The maximum atomic E-state index is 10.7. The van der Waals surface area contributed by atoms with Gasteiger partial charge < -0.3 is 5.11 Å². The standard InChI is InChI=1S/C11H10N2O2/c1-8(10(13-12)11(14)15)7-9-5-3-2-4-6-9/h2-7,12H,1H3/p+1. The van der Waals surface area contributed by atoms with Crippen molar-refractivity contribution in [3.8, 4) is 0 Å². The molecule has 4 nitrogen and oxygen atoms in total. The van der Waals surface area contributed by atoms with Gasteiger partial charge in [-0.25, -0.2) is 4.79 Å². The number of aliphatic carboxylic acids is 1. The van der Waals surface area contributed by atoms with Crippen LogP contribution in [0.2, 0.25) is 0 Å². The first-order valence-electron chi connectivity index (χ1n) is 4.36. The van der Waals surface area contributed by atoms with Gasteiger partial charge in [0.25, 0.3) is 0 Å². The van der Waals surface area contributed by atoms with Crippen LogP contribution in [0.5, 0.6) is 0 Å². The van der Waals surface area contributed by atoms with Crippen molar-refractivity contribution in [1.29, 1.82) is 5.53 Å². The Morgan fingerprint density at radius 1 is 1.40 bits per heavy atom. The van der Waals surface area contributed by atoms with E-state index in [1.54, 1.807) is 13.0 Å². The van der Waals surface area contributed by atoms with Crippen LogP contribution >= 0.6 is 0 Å². The lowest BCUT2D eigenvalue weighted by Crippen LogP contribution is -2.15. The number of rotatable bonds is 3. The summed E-state index contributed by atoms with van der Waals surface area (Å²) in [5.74, 6) is -1.19. The average Bonchev–Trinajstić information content (AvgIpc) is 2.19. The zero-order chi connectivity index (χ0) is 11.3. The van der Waals surface area contributed by atoms with Crippen molar-refractivity contribution in [3.63, 3.8) is 0 Å². The quantitative estimate of drug-likeness (QED) is 0.447. The summed E-state index contributed by atoms with van der Waals surface area (Å²) in [5, 5.41) is 8.73. The highest BCUT2D eigenvalue weighted by molar-refractivity contribution is 6.40. The predicted octanol–water partition coefficient (Wildman–Crippen LogP) is 1.85. The van der Waals surface area contributed by atoms with Gasteiger partial charge in [-0.15, -0.1) is 0 Å². The molecule has 0 saturated heterocycles. The largest absolute Gasteiger partial charge is 0.472 e. The maximum absolute atomic E-state index is 10.7. The van der Waals surface area contributed by atoms with E-state index in [0.29, 0.717) is 5.57 Å². The number of carboxylic acids is 1. The van der Waals surface area contributed by atoms with Crippen molar-refractivity contribution in [3.05, 3.63) is 41.5 Å². The molecule has 0 unspecified atom stereocenters. The number of nitrogens with zero attached hydrogens (tertiary/aromatic N) is 1. The van der Waals surface area contributed by atoms with Crippen LogP contribution in [0.3, 0.4) is 0 Å². The molecule has 1 aromatic rings. The minimum absolute atomic E-state index is 0.237. The van der Waals surface area contributed by atoms with E-state index in [-0.39, 0.29) is 5.71 Å². The summed E-state index contributed by atoms with van der Waals surface area (Å²) in [6.07, 6.45) is 1.68. The van der Waals surface area contributed by atoms with E-state index in [1.807, 2.05) is 30.3 Å². The van der Waals surface area contributed by atoms with Gasteiger partial charge in [0.05, 0.1) is 15.9 Å². The topological polar surface area (TPSA) is 75.2 Å². The normalized spacial score (nSPS) is 10.6. The Bertz CT molecular complexity index is 443. The van der Waals surface area contributed by atoms with Gasteiger partial charge in [-0.2, -0.15) is 0 Å². The van der Waals surface area contributed by atoms with E-state index in [2.05, 4.69) is 4.79 Å². The molecule has 0 amide bonds. The van der Waals surface area contributed by atoms with Crippen molar-refractivity contribution in [2.45, 2.75) is 6.92 Å². The highest BCUT2D eigenvalue weighted by Crippen LogP contribution is 2.06. The molecule has 0 saturated carbocycles. The van der Waals surface area contributed by atoms with Crippen molar-refractivity contribution >= 4 is 17.8 Å². The Hall–Kier alpha value is -2.19. The van der Waals surface area contributed by atoms with Gasteiger partial charge in [-0.05, 0) is 18.6 Å². The fourth-order valence-electron chi connectivity index (χ4n) is 1.17. The lowest BCUT2D eigenvalue weighted by atomic mass is 10.1. The summed E-state index contributed by atoms with van der Waals surface area (Å²) in [6, 6.07) is 9.30. The number of nitrogens with one attached hydrogen (secondary N) is 1. The maximum Gasteiger partial charge on any atom is 0.451 e. The summed E-state index contributed by atoms with van der Waals surface area (Å²) in [6.45, 7) is 1.62. The molecule has 0 atom stereocenters. The van der Waals surface area contributed by atoms with E-state index >= 15 is 0 Å². The van der Waals surface area contributed by atoms with Gasteiger partial charge in [0, 0.05) is 0 Å². The van der Waals surface area contributed by atoms with Crippen LogP contribution in [0.15, 0.2) is 35.9 Å². The minimum atomic E-state index is -1.19. The smallest absolute Gasteiger partial charge is 0.451 e. The molecule has 0 aromatic heterocycles. The highest BCUT2D eigenvalue weighted by Gasteiger charge is 2.23. The molecule has 0 fully saturated rings. The van der Waals surface area contributed by atoms with Crippen LogP contribution < -0.4 is 0 Å². The number of hydrogen-bond acceptors (Lipinski definition) is 2. The predicted molar refractivity (Wildman–Crippen MR) is 55.7 cm³/mol. The molecular formula is C11H11N2O2+. The second-order valence-electron chi connectivity index (χ2n) is 3.00. The molecule has 0 spiro atoms. The Labute approximate surface area is 87.1 Å². The van der Waals surface area contributed by atoms with Crippen molar-refractivity contribution in [2.75, 3.05) is 0 Å². The lowest BCUT2D eigenvalue weighted by Gasteiger charge is -1.92. The fraction of sp³-hybridized carbons (Fsp3) is 0.0909. The molecule has 0 aliphatic rings. The molecule has 15 heavy (non-hydrogen) atoms. The molecule has 0 aliphatic heterocycles. The van der Waals surface area contributed by atoms with Crippen molar-refractivity contribution in [1.82, 2.24) is 0 Å². The molecule has 0 aliphatic carbocycles. The summed E-state index contributed by atoms with van der Waals surface area (Å²) in [4.78, 5) is 13.7. The Kier molecular flexibility index (Phi) is 3.55. The molecule has 0 heterocycles. The molecule has 76 valence electrons. The molecule has 4 heteroatoms. The third-order valence-corrected chi connectivity index (χ3v) is 1.87. The lowest BCUT2D eigenvalue weighted by molar-refractivity contribution is -0.147. The Morgan fingerprint density at radius 3 is 2.47 bits per heavy atom. The molecule has 0 bridgehead atoms. The highest BCUT2D eigenvalue weighted by atomic mass is 16.4. The molecule has 0 radical (unpaired) electrons. The van der Waals surface area contributed by atoms with E-state index in [9.17, 15) is 4.79 Å². The Morgan fingerprint density at radius 2 is 2.00 bits per heavy atom. The van der Waals surface area contributed by atoms with Crippen molar-refractivity contribution < 1.29 is 14.7 Å². The zero-order valence-electron chi connectivity index (χ0n) is 8.27. The van der Waals surface area contributed by atoms with Gasteiger partial charge in [-0.1, -0.05) is 30.3 Å². The van der Waals surface area contributed by atoms with Crippen LogP contribution in [0.25, 0.3) is 6.08 Å². The number of carbonyl (C=O) groups is 1. The van der Waals surface area contributed by atoms with Crippen LogP contribution in [0.1, 0.15) is 12.5 Å². The van der Waals surface area contributed by atoms with Crippen molar-refractivity contribution in [2.24, 2.45) is 0 Å². The van der Waals surface area contributed by atoms with Gasteiger partial charge in [0.1, 0.15) is 0 Å². The number of benzene rings is 1. The van der Waals surface area contributed by atoms with E-state index in [0.717, 1.165) is 5.56 Å². The van der Waals surface area contributed by atoms with Crippen LogP contribution in [0.4, 0.5) is 0 Å². The number of carboxylic acid groups (broad SMARTS) is 1. The first-order valence-corrected chi connectivity index (χ1v) is 4.36. The van der Waals surface area contributed by atoms with Gasteiger partial charge >= 0.3 is 11.7 Å². The number of hydrogen-bond donors (Lipinski definition) is 2. The summed E-state index contributed by atoms with van der Waals surface area (Å²) >= 11 is 0. The second-order valence-corrected chi connectivity index (χ2v) is 3.00. The van der Waals surface area contributed by atoms with Gasteiger partial charge in [-0.3, -0.25) is 0 Å². The SMILES string of the molecule is CC(=Cc1ccccc1)C(=[N+]=N)C(=O)O. The van der Waals surface area contributed by atoms with E-state index in [4.69, 9.17) is 10.6 Å². The zero-order valence-corrected chi connectivity index (χ0v) is 8.27. The molecular weight excluding hydrogens is 192 g/mol. The minimum Gasteiger partial charge on any atom is -0.472 e. The van der Waals surface area contributed by atoms with Crippen LogP contribution in [-0.2, 0) is 4.79 Å². The van der Waals surface area contributed by atoms with Crippen LogP contribution in [-0.4, -0.2) is 21.6 Å². The van der Waals surface area contributed by atoms with E-state index in [1.165, 1.54) is 0 Å². The molecule has 1 aromatic carbocycles. The summed E-state index contributed by atoms with van der Waals surface area (Å²) in [5.41, 5.74) is 7.86. The monoisotopic (exact) mass is 203 g/mol. The van der Waals surface area contributed by atoms with Gasteiger partial charge in [0.2, 0.25) is 0 Å². The second kappa shape index (κ2) is 4.88. The third-order valence-electron chi connectivity index (χ3n) is 1.87. The molecule has 2 N–H and O–H groups in total. The molecule has 1 rings (SSSR count). The fourth-order valence-corrected chi connectivity index (χ4v) is 1.17. The summed E-state index contributed by atoms with van der Waals surface area (Å²) < 4.78 is 0. The van der Waals surface area contributed by atoms with Crippen LogP contribution in [0, 0.1) is 5.53 Å². The summed E-state index contributed by atoms with van der Waals surface area (Å²) in [7, 11) is 0. The average molecular weight is 203 g/mol.